The largest absolute Gasteiger partial charge is 0.445 e. The molecule has 7 nitrogen and oxygen atoms in total. The zero-order valence-electron chi connectivity index (χ0n) is 11.1. The van der Waals surface area contributed by atoms with E-state index in [1.165, 1.54) is 24.4 Å². The molecule has 7 heteroatoms. The zero-order valence-corrected chi connectivity index (χ0v) is 11.1. The van der Waals surface area contributed by atoms with Crippen molar-refractivity contribution in [3.8, 4) is 23.7 Å². The van der Waals surface area contributed by atoms with E-state index < -0.39 is 17.0 Å². The number of aromatic amines is 1. The minimum absolute atomic E-state index is 0.0611. The highest BCUT2D eigenvalue weighted by Gasteiger charge is 2.15. The summed E-state index contributed by atoms with van der Waals surface area (Å²) in [5.74, 6) is 1.97. The van der Waals surface area contributed by atoms with Gasteiger partial charge in [0.15, 0.2) is 6.10 Å². The summed E-state index contributed by atoms with van der Waals surface area (Å²) in [7, 11) is 0. The maximum atomic E-state index is 11.7. The van der Waals surface area contributed by atoms with Gasteiger partial charge in [-0.3, -0.25) is 10.1 Å². The fourth-order valence-corrected chi connectivity index (χ4v) is 1.60. The molecule has 1 heterocycles. The molecule has 2 aromatic rings. The van der Waals surface area contributed by atoms with E-state index in [-0.39, 0.29) is 11.4 Å². The molecular weight excluding hydrogens is 274 g/mol. The molecule has 1 aromatic carbocycles. The Balaban J connectivity index is 2.24. The fraction of sp³-hybridized carbons (Fsp3) is 0.143. The number of aromatic nitrogens is 2. The van der Waals surface area contributed by atoms with E-state index in [0.29, 0.717) is 11.4 Å². The van der Waals surface area contributed by atoms with E-state index in [4.69, 9.17) is 11.2 Å². The fourth-order valence-electron chi connectivity index (χ4n) is 1.60. The predicted octanol–water partition coefficient (Wildman–Crippen LogP) is 2.16. The first-order valence-corrected chi connectivity index (χ1v) is 5.98. The quantitative estimate of drug-likeness (QED) is 0.402. The van der Waals surface area contributed by atoms with Gasteiger partial charge in [-0.1, -0.05) is 18.1 Å². The SMILES string of the molecule is C#C[C@@H](C)OC(=O)c1cnc(-c2cccc([N+](=O)[O-])c2)[nH]1. The number of rotatable bonds is 4. The van der Waals surface area contributed by atoms with Gasteiger partial charge in [-0.05, 0) is 6.92 Å². The maximum absolute atomic E-state index is 11.7. The van der Waals surface area contributed by atoms with Crippen molar-refractivity contribution in [2.45, 2.75) is 13.0 Å². The Kier molecular flexibility index (Phi) is 4.00. The van der Waals surface area contributed by atoms with E-state index >= 15 is 0 Å². The van der Waals surface area contributed by atoms with Crippen molar-refractivity contribution in [3.05, 3.63) is 46.3 Å². The summed E-state index contributed by atoms with van der Waals surface area (Å²) in [6.45, 7) is 1.57. The van der Waals surface area contributed by atoms with E-state index in [9.17, 15) is 14.9 Å². The van der Waals surface area contributed by atoms with Gasteiger partial charge in [-0.25, -0.2) is 9.78 Å². The molecule has 0 fully saturated rings. The number of hydrogen-bond acceptors (Lipinski definition) is 5. The number of esters is 1. The van der Waals surface area contributed by atoms with Gasteiger partial charge in [-0.15, -0.1) is 6.42 Å². The summed E-state index contributed by atoms with van der Waals surface area (Å²) in [5.41, 5.74) is 0.556. The number of nitrogens with one attached hydrogen (secondary N) is 1. The average Bonchev–Trinajstić information content (AvgIpc) is 2.97. The summed E-state index contributed by atoms with van der Waals surface area (Å²) < 4.78 is 4.94. The zero-order chi connectivity index (χ0) is 15.4. The lowest BCUT2D eigenvalue weighted by molar-refractivity contribution is -0.384. The van der Waals surface area contributed by atoms with Crippen LogP contribution < -0.4 is 0 Å². The molecule has 0 saturated heterocycles. The van der Waals surface area contributed by atoms with Crippen LogP contribution in [0.15, 0.2) is 30.5 Å². The Bertz CT molecular complexity index is 730. The number of nitro groups is 1. The number of imidazole rings is 1. The second-order valence-electron chi connectivity index (χ2n) is 4.17. The lowest BCUT2D eigenvalue weighted by Crippen LogP contribution is -2.13. The van der Waals surface area contributed by atoms with Crippen LogP contribution >= 0.6 is 0 Å². The molecule has 1 atom stereocenters. The van der Waals surface area contributed by atoms with E-state index in [1.807, 2.05) is 0 Å². The maximum Gasteiger partial charge on any atom is 0.357 e. The summed E-state index contributed by atoms with van der Waals surface area (Å²) >= 11 is 0. The third kappa shape index (κ3) is 3.25. The number of ether oxygens (including phenoxy) is 1. The van der Waals surface area contributed by atoms with Crippen LogP contribution in [0.5, 0.6) is 0 Å². The molecule has 21 heavy (non-hydrogen) atoms. The summed E-state index contributed by atoms with van der Waals surface area (Å²) in [6.07, 6.45) is 5.76. The van der Waals surface area contributed by atoms with Crippen molar-refractivity contribution in [3.63, 3.8) is 0 Å². The molecule has 1 N–H and O–H groups in total. The van der Waals surface area contributed by atoms with Gasteiger partial charge < -0.3 is 9.72 Å². The van der Waals surface area contributed by atoms with Crippen molar-refractivity contribution in [2.75, 3.05) is 0 Å². The van der Waals surface area contributed by atoms with Crippen molar-refractivity contribution >= 4 is 11.7 Å². The van der Waals surface area contributed by atoms with Crippen LogP contribution in [0.4, 0.5) is 5.69 Å². The molecule has 2 rings (SSSR count). The Morgan fingerprint density at radius 2 is 2.33 bits per heavy atom. The second kappa shape index (κ2) is 5.88. The summed E-state index contributed by atoms with van der Waals surface area (Å²) in [4.78, 5) is 28.7. The smallest absolute Gasteiger partial charge is 0.357 e. The lowest BCUT2D eigenvalue weighted by Gasteiger charge is -2.04. The van der Waals surface area contributed by atoms with Crippen molar-refractivity contribution in [1.82, 2.24) is 9.97 Å². The number of terminal acetylenes is 1. The Morgan fingerprint density at radius 3 is 3.00 bits per heavy atom. The van der Waals surface area contributed by atoms with Gasteiger partial charge >= 0.3 is 5.97 Å². The normalized spacial score (nSPS) is 11.4. The van der Waals surface area contributed by atoms with Crippen LogP contribution in [-0.4, -0.2) is 27.0 Å². The molecule has 0 bridgehead atoms. The third-order valence-electron chi connectivity index (χ3n) is 2.64. The Morgan fingerprint density at radius 1 is 1.57 bits per heavy atom. The molecule has 0 aliphatic carbocycles. The number of carbonyl (C=O) groups is 1. The molecule has 1 aromatic heterocycles. The molecule has 0 saturated carbocycles. The minimum atomic E-state index is -0.651. The van der Waals surface area contributed by atoms with Gasteiger partial charge in [0.25, 0.3) is 5.69 Å². The number of non-ortho nitro benzene ring substituents is 1. The predicted molar refractivity (Wildman–Crippen MR) is 74.4 cm³/mol. The number of benzene rings is 1. The minimum Gasteiger partial charge on any atom is -0.445 e. The summed E-state index contributed by atoms with van der Waals surface area (Å²) in [6, 6.07) is 5.91. The van der Waals surface area contributed by atoms with Crippen LogP contribution in [0, 0.1) is 22.5 Å². The standard InChI is InChI=1S/C14H11N3O4/c1-3-9(2)21-14(18)12-8-15-13(16-12)10-5-4-6-11(7-10)17(19)20/h1,4-9H,2H3,(H,15,16)/t9-/m1/s1. The van der Waals surface area contributed by atoms with Crippen LogP contribution in [0.25, 0.3) is 11.4 Å². The Hall–Kier alpha value is -3.14. The number of nitro benzene ring substituents is 1. The number of nitrogens with zero attached hydrogens (tertiary/aromatic N) is 2. The molecule has 0 amide bonds. The van der Waals surface area contributed by atoms with Crippen LogP contribution in [0.2, 0.25) is 0 Å². The lowest BCUT2D eigenvalue weighted by atomic mass is 10.2. The highest BCUT2D eigenvalue weighted by Crippen LogP contribution is 2.21. The van der Waals surface area contributed by atoms with Crippen molar-refractivity contribution in [1.29, 1.82) is 0 Å². The number of hydrogen-bond donors (Lipinski definition) is 1. The van der Waals surface area contributed by atoms with Gasteiger partial charge in [-0.2, -0.15) is 0 Å². The van der Waals surface area contributed by atoms with E-state index in [0.717, 1.165) is 0 Å². The molecule has 0 unspecified atom stereocenters. The van der Waals surface area contributed by atoms with Gasteiger partial charge in [0.1, 0.15) is 11.5 Å². The van der Waals surface area contributed by atoms with Gasteiger partial charge in [0, 0.05) is 17.7 Å². The van der Waals surface area contributed by atoms with Crippen LogP contribution in [0.3, 0.4) is 0 Å². The molecule has 0 aliphatic rings. The Labute approximate surface area is 120 Å². The molecule has 0 aliphatic heterocycles. The van der Waals surface area contributed by atoms with Gasteiger partial charge in [0.05, 0.1) is 11.1 Å². The van der Waals surface area contributed by atoms with E-state index in [1.54, 1.807) is 13.0 Å². The average molecular weight is 285 g/mol. The first-order valence-electron chi connectivity index (χ1n) is 5.98. The molecule has 0 radical (unpaired) electrons. The van der Waals surface area contributed by atoms with Crippen molar-refractivity contribution < 1.29 is 14.5 Å². The van der Waals surface area contributed by atoms with Crippen molar-refractivity contribution in [2.24, 2.45) is 0 Å². The molecule has 106 valence electrons. The number of carbonyl (C=O) groups excluding carboxylic acids is 1. The van der Waals surface area contributed by atoms with E-state index in [2.05, 4.69) is 15.9 Å². The number of H-pyrrole nitrogens is 1. The topological polar surface area (TPSA) is 98.1 Å². The molecule has 0 spiro atoms. The summed E-state index contributed by atoms with van der Waals surface area (Å²) in [5, 5.41) is 10.7. The highest BCUT2D eigenvalue weighted by molar-refractivity contribution is 5.88. The first kappa shape index (κ1) is 14.3. The second-order valence-corrected chi connectivity index (χ2v) is 4.17. The highest BCUT2D eigenvalue weighted by atomic mass is 16.6. The monoisotopic (exact) mass is 285 g/mol. The third-order valence-corrected chi connectivity index (χ3v) is 2.64. The van der Waals surface area contributed by atoms with Gasteiger partial charge in [0.2, 0.25) is 0 Å². The first-order chi connectivity index (χ1) is 10.0. The van der Waals surface area contributed by atoms with Crippen LogP contribution in [-0.2, 0) is 4.74 Å². The van der Waals surface area contributed by atoms with Crippen LogP contribution in [0.1, 0.15) is 17.4 Å². The molecular formula is C14H11N3O4.